The Labute approximate surface area is 247 Å². The normalized spacial score (nSPS) is 12.6. The van der Waals surface area contributed by atoms with Gasteiger partial charge in [-0.1, -0.05) is 78.9 Å². The largest absolute Gasteiger partial charge is 0.384 e. The fourth-order valence-corrected chi connectivity index (χ4v) is 4.92. The van der Waals surface area contributed by atoms with E-state index >= 15 is 0 Å². The Kier molecular flexibility index (Phi) is 11.3. The topological polar surface area (TPSA) is 197 Å². The van der Waals surface area contributed by atoms with E-state index in [0.717, 1.165) is 16.7 Å². The maximum absolute atomic E-state index is 13.4. The van der Waals surface area contributed by atoms with Crippen molar-refractivity contribution in [3.63, 3.8) is 0 Å². The zero-order valence-electron chi connectivity index (χ0n) is 23.3. The summed E-state index contributed by atoms with van der Waals surface area (Å²) >= 11 is 0. The number of nitrogens with one attached hydrogen (secondary N) is 4. The van der Waals surface area contributed by atoms with E-state index in [1.54, 1.807) is 24.3 Å². The Balaban J connectivity index is 0.00000645. The number of hydrogen-bond acceptors (Lipinski definition) is 6. The molecule has 0 aliphatic rings. The van der Waals surface area contributed by atoms with Crippen LogP contribution in [0.4, 0.5) is 0 Å². The molecule has 0 aliphatic heterocycles. The van der Waals surface area contributed by atoms with Crippen molar-refractivity contribution in [2.45, 2.75) is 44.8 Å². The molecule has 2 atom stereocenters. The molecule has 42 heavy (non-hydrogen) atoms. The lowest BCUT2D eigenvalue weighted by Crippen LogP contribution is -2.54. The predicted molar refractivity (Wildman–Crippen MR) is 164 cm³/mol. The van der Waals surface area contributed by atoms with Gasteiger partial charge in [-0.25, -0.2) is 13.1 Å². The van der Waals surface area contributed by atoms with Crippen LogP contribution in [0.1, 0.15) is 37.9 Å². The summed E-state index contributed by atoms with van der Waals surface area (Å²) in [6.45, 7) is 1.57. The predicted octanol–water partition coefficient (Wildman–Crippen LogP) is 1.80. The minimum Gasteiger partial charge on any atom is -0.384 e. The highest BCUT2D eigenvalue weighted by atomic mass is 32.2. The molecule has 224 valence electrons. The number of carbonyl (C=O) groups excluding carboxylic acids is 3. The van der Waals surface area contributed by atoms with Crippen molar-refractivity contribution in [2.24, 2.45) is 11.5 Å². The van der Waals surface area contributed by atoms with E-state index in [4.69, 9.17) is 16.9 Å². The molecule has 11 nitrogen and oxygen atoms in total. The lowest BCUT2D eigenvalue weighted by molar-refractivity contribution is -0.130. The maximum Gasteiger partial charge on any atom is 0.242 e. The highest BCUT2D eigenvalue weighted by molar-refractivity contribution is 7.89. The minimum atomic E-state index is -3.78. The molecule has 0 fully saturated rings. The van der Waals surface area contributed by atoms with Gasteiger partial charge in [0.05, 0.1) is 5.75 Å². The quantitative estimate of drug-likeness (QED) is 0.115. The van der Waals surface area contributed by atoms with Crippen molar-refractivity contribution in [1.82, 2.24) is 15.4 Å². The van der Waals surface area contributed by atoms with Gasteiger partial charge in [-0.2, -0.15) is 0 Å². The molecule has 0 aromatic heterocycles. The van der Waals surface area contributed by atoms with Crippen LogP contribution in [0.25, 0.3) is 11.1 Å². The highest BCUT2D eigenvalue weighted by Crippen LogP contribution is 2.20. The number of benzene rings is 3. The smallest absolute Gasteiger partial charge is 0.242 e. The average Bonchev–Trinajstić information content (AvgIpc) is 2.98. The molecule has 3 rings (SSSR count). The highest BCUT2D eigenvalue weighted by Gasteiger charge is 2.28. The van der Waals surface area contributed by atoms with Crippen molar-refractivity contribution >= 4 is 33.6 Å². The van der Waals surface area contributed by atoms with E-state index in [2.05, 4.69) is 15.4 Å². The molecule has 3 amide bonds. The van der Waals surface area contributed by atoms with Crippen LogP contribution < -0.4 is 26.8 Å². The lowest BCUT2D eigenvalue weighted by Gasteiger charge is -2.23. The van der Waals surface area contributed by atoms with Crippen LogP contribution in [0.5, 0.6) is 0 Å². The Hall–Kier alpha value is -4.55. The Morgan fingerprint density at radius 2 is 1.43 bits per heavy atom. The monoisotopic (exact) mass is 594 g/mol. The number of sulfonamides is 1. The van der Waals surface area contributed by atoms with E-state index in [0.29, 0.717) is 11.1 Å². The third-order valence-electron chi connectivity index (χ3n) is 6.56. The van der Waals surface area contributed by atoms with Crippen molar-refractivity contribution < 1.29 is 24.2 Å². The molecule has 0 radical (unpaired) electrons. The van der Waals surface area contributed by atoms with Crippen LogP contribution in [0.2, 0.25) is 0 Å². The van der Waals surface area contributed by atoms with Crippen molar-refractivity contribution in [2.75, 3.05) is 5.75 Å². The molecular formula is C30H38N6O5S. The summed E-state index contributed by atoms with van der Waals surface area (Å²) in [5, 5.41) is 12.8. The third kappa shape index (κ3) is 9.82. The molecule has 0 unspecified atom stereocenters. The summed E-state index contributed by atoms with van der Waals surface area (Å²) in [6.07, 6.45) is -0.208. The molecule has 8 N–H and O–H groups in total. The Morgan fingerprint density at radius 3 is 2.00 bits per heavy atom. The van der Waals surface area contributed by atoms with Gasteiger partial charge in [-0.3, -0.25) is 19.8 Å². The van der Waals surface area contributed by atoms with Crippen molar-refractivity contribution in [1.29, 1.82) is 5.41 Å². The van der Waals surface area contributed by atoms with Gasteiger partial charge in [-0.15, -0.1) is 0 Å². The van der Waals surface area contributed by atoms with Crippen molar-refractivity contribution in [3.8, 4) is 11.1 Å². The zero-order chi connectivity index (χ0) is 30.7. The summed E-state index contributed by atoms with van der Waals surface area (Å²) in [5.74, 6) is -2.25. The second kappa shape index (κ2) is 14.9. The number of primary amides is 1. The van der Waals surface area contributed by atoms with Crippen molar-refractivity contribution in [3.05, 3.63) is 95.6 Å². The standard InChI is InChI=1S/C30H36N6O5S.H2/c1-2-42(40,41)36-26(18-20-8-12-23(13-9-20)22-6-4-3-5-7-22)30(39)35-25(16-17-27(31)37)29(38)34-19-21-10-14-24(15-11-21)28(32)33;/h3-15,25-26,36H,2,16-19H2,1H3,(H2,31,37)(H3,32,33)(H,34,38)(H,35,39);1H/t25-,26+;/m0./s1. The van der Waals surface area contributed by atoms with Gasteiger partial charge >= 0.3 is 0 Å². The second-order valence-electron chi connectivity index (χ2n) is 9.74. The van der Waals surface area contributed by atoms with Crippen LogP contribution in [-0.2, 0) is 37.4 Å². The van der Waals surface area contributed by atoms with Gasteiger partial charge in [0, 0.05) is 20.0 Å². The van der Waals surface area contributed by atoms with E-state index in [1.165, 1.54) is 6.92 Å². The molecule has 0 aliphatic carbocycles. The molecule has 0 saturated carbocycles. The molecule has 3 aromatic rings. The fourth-order valence-electron chi connectivity index (χ4n) is 4.13. The van der Waals surface area contributed by atoms with Gasteiger partial charge in [0.25, 0.3) is 0 Å². The van der Waals surface area contributed by atoms with E-state index in [-0.39, 0.29) is 38.8 Å². The van der Waals surface area contributed by atoms with E-state index < -0.39 is 39.8 Å². The number of rotatable bonds is 15. The molecule has 0 saturated heterocycles. The first kappa shape index (κ1) is 32.0. The van der Waals surface area contributed by atoms with Gasteiger partial charge in [0.15, 0.2) is 0 Å². The number of hydrogen-bond donors (Lipinski definition) is 6. The van der Waals surface area contributed by atoms with Gasteiger partial charge in [-0.05, 0) is 42.0 Å². The summed E-state index contributed by atoms with van der Waals surface area (Å²) in [7, 11) is -3.78. The first-order valence-electron chi connectivity index (χ1n) is 13.4. The van der Waals surface area contributed by atoms with Gasteiger partial charge < -0.3 is 22.1 Å². The molecule has 0 bridgehead atoms. The Bertz CT molecular complexity index is 1500. The summed E-state index contributed by atoms with van der Waals surface area (Å²) < 4.78 is 27.3. The number of amides is 3. The number of nitrogen functional groups attached to an aromatic ring is 1. The fraction of sp³-hybridized carbons (Fsp3) is 0.267. The van der Waals surface area contributed by atoms with Crippen LogP contribution in [0.15, 0.2) is 78.9 Å². The van der Waals surface area contributed by atoms with Gasteiger partial charge in [0.1, 0.15) is 17.9 Å². The summed E-state index contributed by atoms with van der Waals surface area (Å²) in [5.41, 5.74) is 14.7. The number of carbonyl (C=O) groups is 3. The third-order valence-corrected chi connectivity index (χ3v) is 7.97. The maximum atomic E-state index is 13.4. The SMILES string of the molecule is CCS(=O)(=O)N[C@H](Cc1ccc(-c2ccccc2)cc1)C(=O)N[C@@H](CCC(N)=O)C(=O)NCc1ccc(C(=N)N)cc1.[HH]. The van der Waals surface area contributed by atoms with Gasteiger partial charge in [0.2, 0.25) is 27.7 Å². The van der Waals surface area contributed by atoms with Crippen LogP contribution in [0.3, 0.4) is 0 Å². The lowest BCUT2D eigenvalue weighted by atomic mass is 10.0. The second-order valence-corrected chi connectivity index (χ2v) is 11.8. The van der Waals surface area contributed by atoms with Crippen LogP contribution in [0, 0.1) is 5.41 Å². The molecular weight excluding hydrogens is 556 g/mol. The van der Waals surface area contributed by atoms with E-state index in [1.807, 2.05) is 54.6 Å². The first-order valence-corrected chi connectivity index (χ1v) is 15.1. The average molecular weight is 595 g/mol. The molecule has 0 spiro atoms. The molecule has 3 aromatic carbocycles. The number of nitrogens with two attached hydrogens (primary N) is 2. The number of amidine groups is 1. The summed E-state index contributed by atoms with van der Waals surface area (Å²) in [4.78, 5) is 37.9. The first-order chi connectivity index (χ1) is 20.0. The minimum absolute atomic E-state index is 0. The van der Waals surface area contributed by atoms with Crippen LogP contribution >= 0.6 is 0 Å². The summed E-state index contributed by atoms with van der Waals surface area (Å²) in [6, 6.07) is 21.5. The molecule has 0 heterocycles. The molecule has 12 heteroatoms. The van der Waals surface area contributed by atoms with E-state index in [9.17, 15) is 22.8 Å². The Morgan fingerprint density at radius 1 is 0.833 bits per heavy atom. The van der Waals surface area contributed by atoms with Crippen LogP contribution in [-0.4, -0.2) is 49.8 Å². The zero-order valence-corrected chi connectivity index (χ0v) is 24.1.